The Morgan fingerprint density at radius 1 is 0.390 bits per heavy atom. The molecule has 3 N–H and O–H groups in total. The van der Waals surface area contributed by atoms with Crippen LogP contribution in [0.1, 0.15) is 322 Å². The highest BCUT2D eigenvalue weighted by molar-refractivity contribution is 7.47. The minimum Gasteiger partial charge on any atom is -0.462 e. The molecule has 0 aromatic carbocycles. The zero-order chi connectivity index (χ0) is 55.9. The van der Waals surface area contributed by atoms with Crippen LogP contribution in [0.4, 0.5) is 0 Å². The summed E-state index contributed by atoms with van der Waals surface area (Å²) < 4.78 is 33.1. The Hall–Kier alpha value is -2.29. The van der Waals surface area contributed by atoms with E-state index in [1.54, 1.807) is 0 Å². The van der Waals surface area contributed by atoms with Gasteiger partial charge in [0.05, 0.1) is 13.2 Å². The van der Waals surface area contributed by atoms with Gasteiger partial charge in [-0.3, -0.25) is 18.6 Å². The minimum absolute atomic E-state index is 0.0531. The van der Waals surface area contributed by atoms with Crippen LogP contribution in [0.3, 0.4) is 0 Å². The van der Waals surface area contributed by atoms with Gasteiger partial charge >= 0.3 is 19.8 Å². The second kappa shape index (κ2) is 62.9. The molecule has 0 aromatic rings. The summed E-state index contributed by atoms with van der Waals surface area (Å²) in [5, 5.41) is 0. The summed E-state index contributed by atoms with van der Waals surface area (Å²) in [6, 6.07) is 0. The first kappa shape index (κ1) is 74.7. The van der Waals surface area contributed by atoms with Crippen LogP contribution in [0, 0.1) is 0 Å². The Kier molecular flexibility index (Phi) is 61.0. The molecule has 0 aromatic heterocycles. The molecule has 0 radical (unpaired) electrons. The third kappa shape index (κ3) is 62.8. The van der Waals surface area contributed by atoms with Gasteiger partial charge in [-0.05, 0) is 83.5 Å². The van der Waals surface area contributed by atoms with E-state index in [9.17, 15) is 19.0 Å². The van der Waals surface area contributed by atoms with E-state index in [1.807, 2.05) is 0 Å². The molecule has 0 bridgehead atoms. The first-order valence-electron chi connectivity index (χ1n) is 32.8. The lowest BCUT2D eigenvalue weighted by Gasteiger charge is -2.19. The van der Waals surface area contributed by atoms with Gasteiger partial charge in [-0.2, -0.15) is 0 Å². The monoisotopic (exact) mass is 1100 g/mol. The van der Waals surface area contributed by atoms with Gasteiger partial charge < -0.3 is 20.1 Å². The zero-order valence-corrected chi connectivity index (χ0v) is 51.3. The number of hydrogen-bond donors (Lipinski definition) is 2. The van der Waals surface area contributed by atoms with Crippen LogP contribution in [0.2, 0.25) is 0 Å². The van der Waals surface area contributed by atoms with Gasteiger partial charge in [-0.1, -0.05) is 286 Å². The van der Waals surface area contributed by atoms with Gasteiger partial charge in [0.1, 0.15) is 6.61 Å². The van der Waals surface area contributed by atoms with Gasteiger partial charge in [0.15, 0.2) is 6.10 Å². The molecular formula is C67H124NO8P. The first-order chi connectivity index (χ1) is 37.8. The molecule has 0 amide bonds. The van der Waals surface area contributed by atoms with Gasteiger partial charge in [-0.15, -0.1) is 0 Å². The van der Waals surface area contributed by atoms with E-state index < -0.39 is 26.5 Å². The summed E-state index contributed by atoms with van der Waals surface area (Å²) in [5.41, 5.74) is 5.40. The van der Waals surface area contributed by atoms with E-state index in [2.05, 4.69) is 74.6 Å². The summed E-state index contributed by atoms with van der Waals surface area (Å²) in [5.74, 6) is -0.816. The van der Waals surface area contributed by atoms with Crippen LogP contribution in [0.5, 0.6) is 0 Å². The molecule has 0 saturated heterocycles. The number of rotatable bonds is 62. The quantitative estimate of drug-likeness (QED) is 0.0264. The molecule has 77 heavy (non-hydrogen) atoms. The van der Waals surface area contributed by atoms with Crippen molar-refractivity contribution in [1.29, 1.82) is 0 Å². The summed E-state index contributed by atoms with van der Waals surface area (Å²) in [7, 11) is -4.39. The number of unbranched alkanes of at least 4 members (excludes halogenated alkanes) is 39. The molecule has 9 nitrogen and oxygen atoms in total. The van der Waals surface area contributed by atoms with Gasteiger partial charge in [-0.25, -0.2) is 4.57 Å². The minimum atomic E-state index is -4.39. The Morgan fingerprint density at radius 2 is 0.675 bits per heavy atom. The highest BCUT2D eigenvalue weighted by Gasteiger charge is 2.26. The standard InChI is InChI=1S/C67H124NO8P/c1-3-5-7-9-11-13-15-17-19-21-23-25-27-29-31-32-34-36-38-40-42-44-46-48-50-52-54-56-58-60-67(70)76-65(64-75-77(71,72)74-62-61-68)63-73-66(69)59-57-55-53-51-49-47-45-43-41-39-37-35-33-30-28-26-24-22-20-18-16-14-12-10-8-6-4-2/h15-18,21-24,27,29,65H,3-14,19-20,25-26,28,30-64,68H2,1-2H3,(H,71,72)/b17-15-,18-16-,23-21-,24-22-,29-27-. The number of phosphoric ester groups is 1. The Labute approximate surface area is 476 Å². The molecule has 0 aliphatic rings. The molecule has 0 heterocycles. The first-order valence-corrected chi connectivity index (χ1v) is 34.3. The van der Waals surface area contributed by atoms with Crippen molar-refractivity contribution in [2.24, 2.45) is 5.73 Å². The largest absolute Gasteiger partial charge is 0.472 e. The maximum Gasteiger partial charge on any atom is 0.472 e. The molecule has 0 aliphatic heterocycles. The lowest BCUT2D eigenvalue weighted by molar-refractivity contribution is -0.161. The number of esters is 2. The molecule has 0 saturated carbocycles. The van der Waals surface area contributed by atoms with Crippen LogP contribution in [-0.2, 0) is 32.7 Å². The smallest absolute Gasteiger partial charge is 0.462 e. The maximum atomic E-state index is 12.7. The molecule has 0 fully saturated rings. The van der Waals surface area contributed by atoms with Crippen molar-refractivity contribution in [2.75, 3.05) is 26.4 Å². The number of carbonyl (C=O) groups is 2. The number of phosphoric acid groups is 1. The van der Waals surface area contributed by atoms with Gasteiger partial charge in [0.2, 0.25) is 0 Å². The molecule has 10 heteroatoms. The molecule has 0 rings (SSSR count). The average Bonchev–Trinajstić information content (AvgIpc) is 3.42. The Morgan fingerprint density at radius 3 is 1.00 bits per heavy atom. The van der Waals surface area contributed by atoms with Crippen LogP contribution >= 0.6 is 7.82 Å². The van der Waals surface area contributed by atoms with Crippen LogP contribution in [0.15, 0.2) is 60.8 Å². The van der Waals surface area contributed by atoms with E-state index in [4.69, 9.17) is 24.3 Å². The van der Waals surface area contributed by atoms with Crippen molar-refractivity contribution in [1.82, 2.24) is 0 Å². The predicted molar refractivity (Wildman–Crippen MR) is 330 cm³/mol. The number of nitrogens with two attached hydrogens (primary N) is 1. The van der Waals surface area contributed by atoms with Gasteiger partial charge in [0.25, 0.3) is 0 Å². The van der Waals surface area contributed by atoms with E-state index >= 15 is 0 Å². The van der Waals surface area contributed by atoms with Crippen molar-refractivity contribution in [3.63, 3.8) is 0 Å². The fourth-order valence-corrected chi connectivity index (χ4v) is 10.3. The number of carbonyl (C=O) groups excluding carboxylic acids is 2. The lowest BCUT2D eigenvalue weighted by atomic mass is 10.0. The molecule has 0 aliphatic carbocycles. The normalized spacial score (nSPS) is 13.4. The topological polar surface area (TPSA) is 134 Å². The molecule has 2 atom stereocenters. The highest BCUT2D eigenvalue weighted by atomic mass is 31.2. The molecule has 450 valence electrons. The van der Waals surface area contributed by atoms with Crippen molar-refractivity contribution >= 4 is 19.8 Å². The molecule has 2 unspecified atom stereocenters. The van der Waals surface area contributed by atoms with E-state index in [0.717, 1.165) is 57.8 Å². The second-order valence-corrected chi connectivity index (χ2v) is 23.4. The Balaban J connectivity index is 3.90. The van der Waals surface area contributed by atoms with Crippen molar-refractivity contribution in [3.05, 3.63) is 60.8 Å². The SMILES string of the molecule is CCCCCCC/C=C\C/C=C\C/C=C\CCCCCCCCCCCCCCCCC(=O)OC(COC(=O)CCCCCCCCCCCCCCCCC/C=C\C/C=C\CCCCCCC)COP(=O)(O)OCCN. The van der Waals surface area contributed by atoms with Gasteiger partial charge in [0, 0.05) is 19.4 Å². The number of hydrogen-bond acceptors (Lipinski definition) is 8. The van der Waals surface area contributed by atoms with E-state index in [1.165, 1.54) is 231 Å². The van der Waals surface area contributed by atoms with Crippen LogP contribution in [-0.4, -0.2) is 49.3 Å². The average molecular weight is 1100 g/mol. The fraction of sp³-hybridized carbons (Fsp3) is 0.821. The zero-order valence-electron chi connectivity index (χ0n) is 50.4. The number of ether oxygens (including phenoxy) is 2. The highest BCUT2D eigenvalue weighted by Crippen LogP contribution is 2.43. The summed E-state index contributed by atoms with van der Waals surface area (Å²) in [6.07, 6.45) is 80.1. The Bertz CT molecular complexity index is 1440. The van der Waals surface area contributed by atoms with Crippen molar-refractivity contribution in [3.8, 4) is 0 Å². The lowest BCUT2D eigenvalue weighted by Crippen LogP contribution is -2.29. The third-order valence-electron chi connectivity index (χ3n) is 14.4. The van der Waals surface area contributed by atoms with Crippen molar-refractivity contribution < 1.29 is 37.6 Å². The summed E-state index contributed by atoms with van der Waals surface area (Å²) >= 11 is 0. The maximum absolute atomic E-state index is 12.7. The van der Waals surface area contributed by atoms with E-state index in [0.29, 0.717) is 6.42 Å². The van der Waals surface area contributed by atoms with Crippen LogP contribution < -0.4 is 5.73 Å². The summed E-state index contributed by atoms with van der Waals surface area (Å²) in [6.45, 7) is 3.77. The predicted octanol–water partition coefficient (Wildman–Crippen LogP) is 21.1. The summed E-state index contributed by atoms with van der Waals surface area (Å²) in [4.78, 5) is 35.3. The molecule has 0 spiro atoms. The second-order valence-electron chi connectivity index (χ2n) is 22.0. The number of allylic oxidation sites excluding steroid dienone is 10. The third-order valence-corrected chi connectivity index (χ3v) is 15.4. The van der Waals surface area contributed by atoms with Crippen molar-refractivity contribution in [2.45, 2.75) is 328 Å². The molecular weight excluding hydrogens is 978 g/mol. The fourth-order valence-electron chi connectivity index (χ4n) is 9.50. The van der Waals surface area contributed by atoms with Crippen LogP contribution in [0.25, 0.3) is 0 Å². The van der Waals surface area contributed by atoms with E-state index in [-0.39, 0.29) is 38.6 Å².